The Kier molecular flexibility index (Phi) is 2.31. The second-order valence-corrected chi connectivity index (χ2v) is 2.21. The summed E-state index contributed by atoms with van der Waals surface area (Å²) in [5.41, 5.74) is -2.23. The first-order valence-electron chi connectivity index (χ1n) is 3.12. The molecule has 0 radical (unpaired) electrons. The summed E-state index contributed by atoms with van der Waals surface area (Å²) in [6, 6.07) is 0. The minimum Gasteiger partial charge on any atom is -0.298 e. The Morgan fingerprint density at radius 2 is 1.92 bits per heavy atom. The third-order valence-corrected chi connectivity index (χ3v) is 1.34. The smallest absolute Gasteiger partial charge is 0.298 e. The van der Waals surface area contributed by atoms with Crippen molar-refractivity contribution in [3.05, 3.63) is 29.3 Å². The maximum Gasteiger partial charge on any atom is 0.420 e. The molecule has 2 nitrogen and oxygen atoms in total. The Bertz CT molecular complexity index is 334. The van der Waals surface area contributed by atoms with Crippen LogP contribution in [0.3, 0.4) is 0 Å². The summed E-state index contributed by atoms with van der Waals surface area (Å²) in [6.07, 6.45) is -3.77. The first kappa shape index (κ1) is 9.63. The molecule has 1 heterocycles. The molecule has 0 saturated heterocycles. The predicted molar refractivity (Wildman–Crippen MR) is 34.6 cm³/mol. The van der Waals surface area contributed by atoms with Crippen molar-refractivity contribution in [2.24, 2.45) is 0 Å². The van der Waals surface area contributed by atoms with Gasteiger partial charge in [0.05, 0.1) is 5.56 Å². The summed E-state index contributed by atoms with van der Waals surface area (Å²) in [5.74, 6) is -1.59. The van der Waals surface area contributed by atoms with E-state index in [9.17, 15) is 22.4 Å². The van der Waals surface area contributed by atoms with Crippen molar-refractivity contribution in [1.29, 1.82) is 0 Å². The molecule has 0 aliphatic carbocycles. The average Bonchev–Trinajstić information content (AvgIpc) is 2.02. The number of aromatic nitrogens is 1. The first-order valence-corrected chi connectivity index (χ1v) is 3.12. The van der Waals surface area contributed by atoms with Crippen molar-refractivity contribution in [2.45, 2.75) is 6.18 Å². The van der Waals surface area contributed by atoms with Crippen molar-refractivity contribution in [3.8, 4) is 0 Å². The SMILES string of the molecule is O=Cc1cncc(C(F)(F)F)c1F. The summed E-state index contributed by atoms with van der Waals surface area (Å²) >= 11 is 0. The largest absolute Gasteiger partial charge is 0.420 e. The van der Waals surface area contributed by atoms with Crippen molar-refractivity contribution in [3.63, 3.8) is 0 Å². The second-order valence-electron chi connectivity index (χ2n) is 2.21. The highest BCUT2D eigenvalue weighted by molar-refractivity contribution is 5.74. The molecular formula is C7H3F4NO. The van der Waals surface area contributed by atoms with Gasteiger partial charge in [-0.2, -0.15) is 13.2 Å². The fourth-order valence-corrected chi connectivity index (χ4v) is 0.741. The first-order chi connectivity index (χ1) is 5.96. The number of halogens is 4. The van der Waals surface area contributed by atoms with E-state index < -0.39 is 23.1 Å². The van der Waals surface area contributed by atoms with E-state index >= 15 is 0 Å². The lowest BCUT2D eigenvalue weighted by Crippen LogP contribution is -2.10. The van der Waals surface area contributed by atoms with Gasteiger partial charge >= 0.3 is 6.18 Å². The molecule has 0 aromatic carbocycles. The second kappa shape index (κ2) is 3.12. The molecule has 0 saturated carbocycles. The summed E-state index contributed by atoms with van der Waals surface area (Å²) in [6.45, 7) is 0. The summed E-state index contributed by atoms with van der Waals surface area (Å²) < 4.78 is 48.7. The summed E-state index contributed by atoms with van der Waals surface area (Å²) in [7, 11) is 0. The molecule has 0 atom stereocenters. The fraction of sp³-hybridized carbons (Fsp3) is 0.143. The van der Waals surface area contributed by atoms with Crippen molar-refractivity contribution < 1.29 is 22.4 Å². The molecule has 1 aromatic rings. The molecule has 1 aromatic heterocycles. The van der Waals surface area contributed by atoms with Gasteiger partial charge in [0.15, 0.2) is 6.29 Å². The Morgan fingerprint density at radius 1 is 1.31 bits per heavy atom. The molecule has 6 heteroatoms. The van der Waals surface area contributed by atoms with E-state index in [1.165, 1.54) is 0 Å². The van der Waals surface area contributed by atoms with Gasteiger partial charge in [0.25, 0.3) is 0 Å². The molecule has 70 valence electrons. The number of alkyl halides is 3. The maximum absolute atomic E-state index is 12.8. The molecule has 0 amide bonds. The molecule has 1 rings (SSSR count). The van der Waals surface area contributed by atoms with Crippen LogP contribution in [0.1, 0.15) is 15.9 Å². The van der Waals surface area contributed by atoms with E-state index in [4.69, 9.17) is 0 Å². The standard InChI is InChI=1S/C7H3F4NO/c8-6-4(3-13)1-12-2-5(6)7(9,10)11/h1-3H. The van der Waals surface area contributed by atoms with Crippen LogP contribution < -0.4 is 0 Å². The number of hydrogen-bond donors (Lipinski definition) is 0. The minimum absolute atomic E-state index is 0.0163. The van der Waals surface area contributed by atoms with Gasteiger partial charge in [-0.1, -0.05) is 0 Å². The zero-order valence-corrected chi connectivity index (χ0v) is 6.10. The van der Waals surface area contributed by atoms with Crippen LogP contribution in [0.4, 0.5) is 17.6 Å². The quantitative estimate of drug-likeness (QED) is 0.504. The molecule has 13 heavy (non-hydrogen) atoms. The van der Waals surface area contributed by atoms with Crippen LogP contribution in [0.2, 0.25) is 0 Å². The van der Waals surface area contributed by atoms with E-state index in [0.717, 1.165) is 6.20 Å². The molecule has 0 bridgehead atoms. The number of nitrogens with zero attached hydrogens (tertiary/aromatic N) is 1. The van der Waals surface area contributed by atoms with E-state index in [2.05, 4.69) is 4.98 Å². The fourth-order valence-electron chi connectivity index (χ4n) is 0.741. The van der Waals surface area contributed by atoms with E-state index in [1.807, 2.05) is 0 Å². The van der Waals surface area contributed by atoms with Crippen LogP contribution in [0, 0.1) is 5.82 Å². The van der Waals surface area contributed by atoms with Gasteiger partial charge in [-0.15, -0.1) is 0 Å². The van der Waals surface area contributed by atoms with Gasteiger partial charge in [0, 0.05) is 12.4 Å². The number of carbonyl (C=O) groups is 1. The number of pyridine rings is 1. The summed E-state index contributed by atoms with van der Waals surface area (Å²) in [5, 5.41) is 0. The topological polar surface area (TPSA) is 30.0 Å². The normalized spacial score (nSPS) is 11.4. The summed E-state index contributed by atoms with van der Waals surface area (Å²) in [4.78, 5) is 13.2. The molecule has 0 fully saturated rings. The third kappa shape index (κ3) is 1.82. The van der Waals surface area contributed by atoms with Crippen LogP contribution in [-0.4, -0.2) is 11.3 Å². The monoisotopic (exact) mass is 193 g/mol. The lowest BCUT2D eigenvalue weighted by Gasteiger charge is -2.07. The lowest BCUT2D eigenvalue weighted by atomic mass is 10.2. The maximum atomic E-state index is 12.8. The predicted octanol–water partition coefficient (Wildman–Crippen LogP) is 2.05. The molecule has 0 unspecified atom stereocenters. The highest BCUT2D eigenvalue weighted by atomic mass is 19.4. The Hall–Kier alpha value is -1.46. The van der Waals surface area contributed by atoms with Crippen molar-refractivity contribution in [1.82, 2.24) is 4.98 Å². The van der Waals surface area contributed by atoms with Crippen LogP contribution in [0.15, 0.2) is 12.4 Å². The van der Waals surface area contributed by atoms with Gasteiger partial charge in [0.2, 0.25) is 0 Å². The molecule has 0 spiro atoms. The van der Waals surface area contributed by atoms with Gasteiger partial charge in [-0.05, 0) is 0 Å². The van der Waals surface area contributed by atoms with Crippen molar-refractivity contribution >= 4 is 6.29 Å². The third-order valence-electron chi connectivity index (χ3n) is 1.34. The number of carbonyl (C=O) groups excluding carboxylic acids is 1. The van der Waals surface area contributed by atoms with E-state index in [1.54, 1.807) is 0 Å². The number of aldehydes is 1. The van der Waals surface area contributed by atoms with Gasteiger partial charge in [-0.3, -0.25) is 9.78 Å². The highest BCUT2D eigenvalue weighted by Crippen LogP contribution is 2.31. The van der Waals surface area contributed by atoms with Crippen molar-refractivity contribution in [2.75, 3.05) is 0 Å². The number of rotatable bonds is 1. The van der Waals surface area contributed by atoms with Gasteiger partial charge < -0.3 is 0 Å². The zero-order valence-electron chi connectivity index (χ0n) is 6.10. The van der Waals surface area contributed by atoms with Crippen LogP contribution in [-0.2, 0) is 6.18 Å². The number of hydrogen-bond acceptors (Lipinski definition) is 2. The Morgan fingerprint density at radius 3 is 2.38 bits per heavy atom. The van der Waals surface area contributed by atoms with Gasteiger partial charge in [-0.25, -0.2) is 4.39 Å². The van der Waals surface area contributed by atoms with E-state index in [-0.39, 0.29) is 6.29 Å². The highest BCUT2D eigenvalue weighted by Gasteiger charge is 2.35. The van der Waals surface area contributed by atoms with E-state index in [0.29, 0.717) is 6.20 Å². The van der Waals surface area contributed by atoms with Gasteiger partial charge in [0.1, 0.15) is 11.4 Å². The lowest BCUT2D eigenvalue weighted by molar-refractivity contribution is -0.140. The Labute approximate surface area is 70.2 Å². The van der Waals surface area contributed by atoms with Crippen LogP contribution in [0.25, 0.3) is 0 Å². The molecule has 0 aliphatic rings. The zero-order chi connectivity index (χ0) is 10.1. The van der Waals surface area contributed by atoms with Crippen LogP contribution in [0.5, 0.6) is 0 Å². The Balaban J connectivity index is 3.32. The van der Waals surface area contributed by atoms with Crippen LogP contribution >= 0.6 is 0 Å². The minimum atomic E-state index is -4.82. The molecule has 0 N–H and O–H groups in total. The average molecular weight is 193 g/mol. The molecule has 0 aliphatic heterocycles. The molecular weight excluding hydrogens is 190 g/mol.